The summed E-state index contributed by atoms with van der Waals surface area (Å²) in [4.78, 5) is 20.2. The van der Waals surface area contributed by atoms with Crippen LogP contribution in [0.4, 0.5) is 17.6 Å². The Hall–Kier alpha value is -3.20. The molecule has 1 aliphatic rings. The highest BCUT2D eigenvalue weighted by Gasteiger charge is 2.46. The molecule has 0 aliphatic carbocycles. The number of aromatic nitrogens is 2. The van der Waals surface area contributed by atoms with E-state index in [-0.39, 0.29) is 10.6 Å². The minimum absolute atomic E-state index is 0.00219. The molecule has 1 aliphatic heterocycles. The summed E-state index contributed by atoms with van der Waals surface area (Å²) in [6.07, 6.45) is -1.89. The SMILES string of the molecule is C[C@@H]1N=C(c2cc(Cl)c(=O)n(C)c2)N[C@]1(c1ccc(F)cc1)c1ccc(C(F)(F)F)nc1. The summed E-state index contributed by atoms with van der Waals surface area (Å²) in [5.74, 6) is -0.0645. The Labute approximate surface area is 185 Å². The number of aliphatic imine (C=N–C) groups is 1. The number of amidine groups is 1. The third kappa shape index (κ3) is 3.66. The van der Waals surface area contributed by atoms with E-state index in [9.17, 15) is 22.4 Å². The molecule has 0 unspecified atom stereocenters. The Morgan fingerprint density at radius 3 is 2.34 bits per heavy atom. The zero-order valence-electron chi connectivity index (χ0n) is 16.9. The predicted molar refractivity (Wildman–Crippen MR) is 112 cm³/mol. The standard InChI is InChI=1S/C22H17ClF4N4O/c1-12-21(14-3-6-16(24)7-4-14,15-5-8-18(28-10-15)22(25,26)27)30-19(29-12)13-9-17(23)20(32)31(2)11-13/h3-12H,1-2H3,(H,29,30)/t12-,21+/m0/s1. The van der Waals surface area contributed by atoms with Gasteiger partial charge in [0, 0.05) is 30.6 Å². The van der Waals surface area contributed by atoms with Crippen LogP contribution < -0.4 is 10.9 Å². The minimum Gasteiger partial charge on any atom is -0.354 e. The summed E-state index contributed by atoms with van der Waals surface area (Å²) < 4.78 is 54.1. The van der Waals surface area contributed by atoms with Crippen LogP contribution in [0.2, 0.25) is 5.02 Å². The van der Waals surface area contributed by atoms with Crippen LogP contribution in [0.5, 0.6) is 0 Å². The number of rotatable bonds is 3. The van der Waals surface area contributed by atoms with Crippen LogP contribution in [0.1, 0.15) is 29.3 Å². The Morgan fingerprint density at radius 2 is 1.78 bits per heavy atom. The predicted octanol–water partition coefficient (Wildman–Crippen LogP) is 4.27. The zero-order chi connectivity index (χ0) is 23.3. The average molecular weight is 465 g/mol. The van der Waals surface area contributed by atoms with Gasteiger partial charge in [-0.3, -0.25) is 14.8 Å². The maximum atomic E-state index is 13.6. The smallest absolute Gasteiger partial charge is 0.354 e. The first kappa shape index (κ1) is 22.0. The quantitative estimate of drug-likeness (QED) is 0.589. The molecular formula is C22H17ClF4N4O. The number of hydrogen-bond donors (Lipinski definition) is 1. The molecule has 0 saturated heterocycles. The first-order chi connectivity index (χ1) is 15.0. The van der Waals surface area contributed by atoms with E-state index in [4.69, 9.17) is 11.6 Å². The van der Waals surface area contributed by atoms with Crippen molar-refractivity contribution in [1.29, 1.82) is 0 Å². The van der Waals surface area contributed by atoms with Crippen molar-refractivity contribution in [3.05, 3.63) is 98.4 Å². The summed E-state index contributed by atoms with van der Waals surface area (Å²) in [7, 11) is 1.55. The van der Waals surface area contributed by atoms with Crippen LogP contribution >= 0.6 is 11.6 Å². The van der Waals surface area contributed by atoms with Gasteiger partial charge in [-0.05, 0) is 36.8 Å². The van der Waals surface area contributed by atoms with Gasteiger partial charge in [-0.2, -0.15) is 13.2 Å². The second kappa shape index (κ2) is 7.74. The Bertz CT molecular complexity index is 1230. The van der Waals surface area contributed by atoms with Gasteiger partial charge in [-0.25, -0.2) is 4.39 Å². The van der Waals surface area contributed by atoms with Crippen molar-refractivity contribution in [2.24, 2.45) is 12.0 Å². The molecule has 2 aromatic heterocycles. The molecule has 0 radical (unpaired) electrons. The molecule has 32 heavy (non-hydrogen) atoms. The molecule has 0 spiro atoms. The van der Waals surface area contributed by atoms with Gasteiger partial charge in [0.1, 0.15) is 27.9 Å². The molecule has 2 atom stereocenters. The minimum atomic E-state index is -4.58. The van der Waals surface area contributed by atoms with E-state index in [2.05, 4.69) is 15.3 Å². The third-order valence-corrected chi connectivity index (χ3v) is 5.76. The summed E-state index contributed by atoms with van der Waals surface area (Å²) in [6, 6.07) is 8.80. The molecule has 3 heterocycles. The second-order valence-corrected chi connectivity index (χ2v) is 7.92. The molecule has 1 aromatic carbocycles. The van der Waals surface area contributed by atoms with E-state index in [1.165, 1.54) is 28.8 Å². The van der Waals surface area contributed by atoms with Gasteiger partial charge >= 0.3 is 6.18 Å². The number of aryl methyl sites for hydroxylation is 1. The lowest BCUT2D eigenvalue weighted by Gasteiger charge is -2.35. The van der Waals surface area contributed by atoms with Gasteiger partial charge in [-0.1, -0.05) is 29.8 Å². The topological polar surface area (TPSA) is 59.3 Å². The number of alkyl halides is 3. The lowest BCUT2D eigenvalue weighted by atomic mass is 9.79. The van der Waals surface area contributed by atoms with Crippen molar-refractivity contribution >= 4 is 17.4 Å². The van der Waals surface area contributed by atoms with Crippen molar-refractivity contribution in [2.45, 2.75) is 24.7 Å². The van der Waals surface area contributed by atoms with Crippen LogP contribution in [-0.4, -0.2) is 21.4 Å². The monoisotopic (exact) mass is 464 g/mol. The second-order valence-electron chi connectivity index (χ2n) is 7.52. The summed E-state index contributed by atoms with van der Waals surface area (Å²) >= 11 is 6.04. The van der Waals surface area contributed by atoms with E-state index in [0.717, 1.165) is 12.3 Å². The number of nitrogens with zero attached hydrogens (tertiary/aromatic N) is 3. The van der Waals surface area contributed by atoms with E-state index in [1.807, 2.05) is 0 Å². The summed E-state index contributed by atoms with van der Waals surface area (Å²) in [5, 5.41) is 3.28. The third-order valence-electron chi connectivity index (χ3n) is 5.49. The molecule has 0 saturated carbocycles. The maximum Gasteiger partial charge on any atom is 0.433 e. The highest BCUT2D eigenvalue weighted by molar-refractivity contribution is 6.30. The first-order valence-electron chi connectivity index (χ1n) is 9.54. The maximum absolute atomic E-state index is 13.6. The Morgan fingerprint density at radius 1 is 1.12 bits per heavy atom. The molecule has 0 bridgehead atoms. The Balaban J connectivity index is 1.85. The number of pyridine rings is 2. The highest BCUT2D eigenvalue weighted by Crippen LogP contribution is 2.39. The van der Waals surface area contributed by atoms with Gasteiger partial charge in [0.2, 0.25) is 0 Å². The van der Waals surface area contributed by atoms with E-state index < -0.39 is 29.3 Å². The van der Waals surface area contributed by atoms with Crippen molar-refractivity contribution < 1.29 is 17.6 Å². The van der Waals surface area contributed by atoms with Crippen LogP contribution in [0.15, 0.2) is 64.6 Å². The van der Waals surface area contributed by atoms with E-state index in [0.29, 0.717) is 22.5 Å². The first-order valence-corrected chi connectivity index (χ1v) is 9.92. The fourth-order valence-corrected chi connectivity index (χ4v) is 4.11. The molecule has 5 nitrogen and oxygen atoms in total. The highest BCUT2D eigenvalue weighted by atomic mass is 35.5. The van der Waals surface area contributed by atoms with Crippen molar-refractivity contribution in [3.63, 3.8) is 0 Å². The number of nitrogens with one attached hydrogen (secondary N) is 1. The van der Waals surface area contributed by atoms with Crippen molar-refractivity contribution in [3.8, 4) is 0 Å². The molecule has 166 valence electrons. The molecular weight excluding hydrogens is 448 g/mol. The van der Waals surface area contributed by atoms with E-state index in [1.54, 1.807) is 32.3 Å². The van der Waals surface area contributed by atoms with Gasteiger partial charge in [0.25, 0.3) is 5.56 Å². The van der Waals surface area contributed by atoms with Gasteiger partial charge in [-0.15, -0.1) is 0 Å². The van der Waals surface area contributed by atoms with Crippen molar-refractivity contribution in [2.75, 3.05) is 0 Å². The summed E-state index contributed by atoms with van der Waals surface area (Å²) in [6.45, 7) is 1.78. The summed E-state index contributed by atoms with van der Waals surface area (Å²) in [5.41, 5.74) is -0.998. The number of halogens is 5. The molecule has 0 fully saturated rings. The van der Waals surface area contributed by atoms with Crippen LogP contribution in [0.3, 0.4) is 0 Å². The zero-order valence-corrected chi connectivity index (χ0v) is 17.7. The fourth-order valence-electron chi connectivity index (χ4n) is 3.86. The normalized spacial score (nSPS) is 20.7. The molecule has 10 heteroatoms. The lowest BCUT2D eigenvalue weighted by molar-refractivity contribution is -0.141. The van der Waals surface area contributed by atoms with E-state index >= 15 is 0 Å². The number of benzene rings is 1. The fraction of sp³-hybridized carbons (Fsp3) is 0.227. The van der Waals surface area contributed by atoms with Crippen LogP contribution in [-0.2, 0) is 18.8 Å². The van der Waals surface area contributed by atoms with Gasteiger partial charge in [0.05, 0.1) is 6.04 Å². The molecule has 1 N–H and O–H groups in total. The van der Waals surface area contributed by atoms with Gasteiger partial charge < -0.3 is 9.88 Å². The van der Waals surface area contributed by atoms with Crippen molar-refractivity contribution in [1.82, 2.24) is 14.9 Å². The molecule has 0 amide bonds. The average Bonchev–Trinajstić information content (AvgIpc) is 3.10. The lowest BCUT2D eigenvalue weighted by Crippen LogP contribution is -2.48. The van der Waals surface area contributed by atoms with Crippen LogP contribution in [0.25, 0.3) is 0 Å². The Kier molecular flexibility index (Phi) is 5.32. The molecule has 3 aromatic rings. The number of hydrogen-bond acceptors (Lipinski definition) is 4. The van der Waals surface area contributed by atoms with Gasteiger partial charge in [0.15, 0.2) is 0 Å². The van der Waals surface area contributed by atoms with Crippen LogP contribution in [0, 0.1) is 5.82 Å². The largest absolute Gasteiger partial charge is 0.433 e. The molecule has 4 rings (SSSR count).